The fourth-order valence-corrected chi connectivity index (χ4v) is 3.88. The normalized spacial score (nSPS) is 19.4. The van der Waals surface area contributed by atoms with Crippen molar-refractivity contribution in [3.8, 4) is 11.8 Å². The number of nitrogens with one attached hydrogen (secondary N) is 1. The molecule has 1 aliphatic heterocycles. The highest BCUT2D eigenvalue weighted by Crippen LogP contribution is 2.17. The van der Waals surface area contributed by atoms with Gasteiger partial charge < -0.3 is 10.2 Å². The predicted octanol–water partition coefficient (Wildman–Crippen LogP) is 5.68. The zero-order valence-corrected chi connectivity index (χ0v) is 18.4. The third kappa shape index (κ3) is 9.75. The first-order valence-corrected chi connectivity index (χ1v) is 11.0. The minimum atomic E-state index is 0.537. The Balaban J connectivity index is 2.44. The number of allylic oxidation sites excluding steroid dienone is 8. The smallest absolute Gasteiger partial charge is 0.0292 e. The minimum absolute atomic E-state index is 0.537. The van der Waals surface area contributed by atoms with Crippen LogP contribution in [0.3, 0.4) is 0 Å². The molecule has 1 N–H and O–H groups in total. The van der Waals surface area contributed by atoms with Gasteiger partial charge in [0, 0.05) is 37.5 Å². The van der Waals surface area contributed by atoms with Gasteiger partial charge in [-0.15, -0.1) is 11.8 Å². The van der Waals surface area contributed by atoms with Crippen molar-refractivity contribution in [2.24, 2.45) is 0 Å². The Kier molecular flexibility index (Phi) is 12.5. The van der Waals surface area contributed by atoms with E-state index in [0.29, 0.717) is 6.04 Å². The van der Waals surface area contributed by atoms with E-state index < -0.39 is 0 Å². The van der Waals surface area contributed by atoms with Crippen molar-refractivity contribution in [1.29, 1.82) is 0 Å². The fourth-order valence-electron chi connectivity index (χ4n) is 3.02. The fraction of sp³-hybridized carbons (Fsp3) is 0.500. The molecule has 0 aromatic rings. The Morgan fingerprint density at radius 3 is 2.89 bits per heavy atom. The van der Waals surface area contributed by atoms with E-state index in [1.165, 1.54) is 16.2 Å². The van der Waals surface area contributed by atoms with Crippen LogP contribution in [0.5, 0.6) is 0 Å². The first-order chi connectivity index (χ1) is 13.1. The van der Waals surface area contributed by atoms with Crippen molar-refractivity contribution in [2.75, 3.05) is 25.9 Å². The Bertz CT molecular complexity index is 629. The van der Waals surface area contributed by atoms with Gasteiger partial charge in [-0.25, -0.2) is 0 Å². The van der Waals surface area contributed by atoms with Crippen molar-refractivity contribution >= 4 is 11.8 Å². The van der Waals surface area contributed by atoms with Gasteiger partial charge in [0.25, 0.3) is 0 Å². The summed E-state index contributed by atoms with van der Waals surface area (Å²) in [5, 5.41) is 3.51. The van der Waals surface area contributed by atoms with Gasteiger partial charge in [0.1, 0.15) is 0 Å². The van der Waals surface area contributed by atoms with Gasteiger partial charge in [-0.1, -0.05) is 62.6 Å². The van der Waals surface area contributed by atoms with Crippen LogP contribution >= 0.6 is 11.8 Å². The molecule has 0 saturated carbocycles. The van der Waals surface area contributed by atoms with Gasteiger partial charge in [0.2, 0.25) is 0 Å². The highest BCUT2D eigenvalue weighted by Gasteiger charge is 2.16. The van der Waals surface area contributed by atoms with E-state index in [-0.39, 0.29) is 0 Å². The largest absolute Gasteiger partial charge is 0.377 e. The van der Waals surface area contributed by atoms with Crippen LogP contribution in [-0.4, -0.2) is 36.8 Å². The average Bonchev–Trinajstić information content (AvgIpc) is 3.12. The number of thioether (sulfide) groups is 1. The van der Waals surface area contributed by atoms with Crippen LogP contribution < -0.4 is 5.32 Å². The maximum absolute atomic E-state index is 3.68. The molecule has 0 amide bonds. The van der Waals surface area contributed by atoms with Gasteiger partial charge >= 0.3 is 0 Å². The average molecular weight is 385 g/mol. The van der Waals surface area contributed by atoms with Crippen LogP contribution in [0.4, 0.5) is 0 Å². The topological polar surface area (TPSA) is 15.3 Å². The molecule has 0 aromatic heterocycles. The molecular formula is C24H36N2S. The molecule has 1 atom stereocenters. The summed E-state index contributed by atoms with van der Waals surface area (Å²) in [6.45, 7) is 12.4. The van der Waals surface area contributed by atoms with Crippen LogP contribution in [0.15, 0.2) is 59.2 Å². The Hall–Kier alpha value is -1.63. The van der Waals surface area contributed by atoms with E-state index in [9.17, 15) is 0 Å². The van der Waals surface area contributed by atoms with E-state index in [0.717, 1.165) is 44.5 Å². The summed E-state index contributed by atoms with van der Waals surface area (Å²) >= 11 is 1.90. The van der Waals surface area contributed by atoms with Crippen molar-refractivity contribution in [3.05, 3.63) is 59.2 Å². The lowest BCUT2D eigenvalue weighted by molar-refractivity contribution is 0.430. The van der Waals surface area contributed by atoms with Crippen molar-refractivity contribution in [1.82, 2.24) is 10.2 Å². The second-order valence-electron chi connectivity index (χ2n) is 6.63. The quantitative estimate of drug-likeness (QED) is 0.385. The van der Waals surface area contributed by atoms with E-state index >= 15 is 0 Å². The molecule has 1 rings (SSSR count). The number of nitrogens with zero attached hydrogens (tertiary/aromatic N) is 1. The number of rotatable bonds is 10. The molecule has 3 heteroatoms. The van der Waals surface area contributed by atoms with E-state index in [1.54, 1.807) is 6.08 Å². The second kappa shape index (κ2) is 14.4. The van der Waals surface area contributed by atoms with Gasteiger partial charge in [0.15, 0.2) is 0 Å². The molecule has 2 nitrogen and oxygen atoms in total. The van der Waals surface area contributed by atoms with Crippen LogP contribution in [0, 0.1) is 11.8 Å². The van der Waals surface area contributed by atoms with E-state index in [4.69, 9.17) is 0 Å². The molecule has 27 heavy (non-hydrogen) atoms. The SMILES string of the molecule is C=C/C=C\C=C(/C)SCCN(C)/C(=C/CC#C/C=C1/CCNC1CC)CC. The van der Waals surface area contributed by atoms with Gasteiger partial charge in [-0.3, -0.25) is 0 Å². The summed E-state index contributed by atoms with van der Waals surface area (Å²) in [7, 11) is 2.18. The zero-order valence-electron chi connectivity index (χ0n) is 17.6. The summed E-state index contributed by atoms with van der Waals surface area (Å²) in [6, 6.07) is 0.537. The number of hydrogen-bond donors (Lipinski definition) is 1. The lowest BCUT2D eigenvalue weighted by Gasteiger charge is -2.21. The lowest BCUT2D eigenvalue weighted by Crippen LogP contribution is -2.21. The van der Waals surface area contributed by atoms with Crippen LogP contribution in [0.25, 0.3) is 0 Å². The van der Waals surface area contributed by atoms with Gasteiger partial charge in [0.05, 0.1) is 0 Å². The third-order valence-corrected chi connectivity index (χ3v) is 5.62. The molecule has 148 valence electrons. The van der Waals surface area contributed by atoms with Gasteiger partial charge in [-0.2, -0.15) is 0 Å². The van der Waals surface area contributed by atoms with Crippen LogP contribution in [0.1, 0.15) is 46.5 Å². The summed E-state index contributed by atoms with van der Waals surface area (Å²) in [4.78, 5) is 3.68. The molecule has 0 spiro atoms. The minimum Gasteiger partial charge on any atom is -0.377 e. The molecule has 0 radical (unpaired) electrons. The molecule has 1 aliphatic rings. The molecule has 0 bridgehead atoms. The van der Waals surface area contributed by atoms with Crippen molar-refractivity contribution < 1.29 is 0 Å². The molecule has 1 heterocycles. The molecule has 1 unspecified atom stereocenters. The summed E-state index contributed by atoms with van der Waals surface area (Å²) < 4.78 is 0. The maximum Gasteiger partial charge on any atom is 0.0292 e. The first kappa shape index (κ1) is 23.4. The zero-order chi connectivity index (χ0) is 19.9. The molecule has 1 saturated heterocycles. The van der Waals surface area contributed by atoms with E-state index in [2.05, 4.69) is 74.7 Å². The maximum atomic E-state index is 3.68. The Morgan fingerprint density at radius 1 is 1.37 bits per heavy atom. The van der Waals surface area contributed by atoms with Gasteiger partial charge in [-0.05, 0) is 49.3 Å². The van der Waals surface area contributed by atoms with Crippen molar-refractivity contribution in [3.63, 3.8) is 0 Å². The highest BCUT2D eigenvalue weighted by atomic mass is 32.2. The number of hydrogen-bond acceptors (Lipinski definition) is 3. The highest BCUT2D eigenvalue weighted by molar-refractivity contribution is 8.03. The summed E-state index contributed by atoms with van der Waals surface area (Å²) in [5.74, 6) is 7.63. The lowest BCUT2D eigenvalue weighted by atomic mass is 10.1. The summed E-state index contributed by atoms with van der Waals surface area (Å²) in [6.07, 6.45) is 16.5. The molecular weight excluding hydrogens is 348 g/mol. The van der Waals surface area contributed by atoms with Crippen LogP contribution in [-0.2, 0) is 0 Å². The molecule has 0 aromatic carbocycles. The first-order valence-electron chi connectivity index (χ1n) is 10.0. The molecule has 0 aliphatic carbocycles. The third-order valence-electron chi connectivity index (χ3n) is 4.65. The van der Waals surface area contributed by atoms with E-state index in [1.807, 2.05) is 23.9 Å². The van der Waals surface area contributed by atoms with Crippen molar-refractivity contribution in [2.45, 2.75) is 52.5 Å². The van der Waals surface area contributed by atoms with Crippen LogP contribution in [0.2, 0.25) is 0 Å². The summed E-state index contributed by atoms with van der Waals surface area (Å²) in [5.41, 5.74) is 2.84. The predicted molar refractivity (Wildman–Crippen MR) is 124 cm³/mol. The standard InChI is InChI=1S/C24H36N2S/c1-6-9-11-14-21(4)27-20-19-26(5)23(7-2)16-13-10-12-15-22-17-18-25-24(22)8-3/h6,9,11,14-16,24-25H,1,7-8,13,17-20H2,2-5H3/b11-9-,21-14+,22-15-,23-16+. The molecule has 1 fully saturated rings. The monoisotopic (exact) mass is 384 g/mol. The Labute approximate surface area is 171 Å². The second-order valence-corrected chi connectivity index (χ2v) is 7.97. The Morgan fingerprint density at radius 2 is 2.19 bits per heavy atom.